The number of H-pyrrole nitrogens is 1. The van der Waals surface area contributed by atoms with Crippen molar-refractivity contribution < 1.29 is 24.0 Å². The van der Waals surface area contributed by atoms with Crippen LogP contribution in [0, 0.1) is 5.92 Å². The maximum absolute atomic E-state index is 13.9. The predicted octanol–water partition coefficient (Wildman–Crippen LogP) is 3.68. The van der Waals surface area contributed by atoms with E-state index in [-0.39, 0.29) is 31.2 Å². The van der Waals surface area contributed by atoms with Crippen molar-refractivity contribution in [3.63, 3.8) is 0 Å². The Morgan fingerprint density at radius 2 is 1.44 bits per heavy atom. The summed E-state index contributed by atoms with van der Waals surface area (Å²) in [7, 11) is 0. The van der Waals surface area contributed by atoms with Gasteiger partial charge in [0.15, 0.2) is 0 Å². The number of ketones is 1. The summed E-state index contributed by atoms with van der Waals surface area (Å²) < 4.78 is 0. The first-order valence-corrected chi connectivity index (χ1v) is 16.6. The van der Waals surface area contributed by atoms with E-state index in [0.717, 1.165) is 39.6 Å². The van der Waals surface area contributed by atoms with Gasteiger partial charge in [-0.05, 0) is 54.5 Å². The number of carbonyl (C=O) groups excluding carboxylic acids is 5. The third-order valence-electron chi connectivity index (χ3n) is 8.90. The van der Waals surface area contributed by atoms with Gasteiger partial charge < -0.3 is 26.3 Å². The summed E-state index contributed by atoms with van der Waals surface area (Å²) in [6.07, 6.45) is 4.75. The number of hydrogen-bond acceptors (Lipinski definition) is 5. The minimum absolute atomic E-state index is 0.120. The summed E-state index contributed by atoms with van der Waals surface area (Å²) in [5.41, 5.74) is 4.77. The highest BCUT2D eigenvalue weighted by molar-refractivity contribution is 6.38. The molecule has 10 heteroatoms. The topological polar surface area (TPSA) is 149 Å². The highest BCUT2D eigenvalue weighted by Crippen LogP contribution is 2.26. The average molecular weight is 650 g/mol. The Morgan fingerprint density at radius 1 is 0.792 bits per heavy atom. The monoisotopic (exact) mass is 649 g/mol. The van der Waals surface area contributed by atoms with E-state index in [1.54, 1.807) is 13.1 Å². The molecule has 0 saturated carbocycles. The largest absolute Gasteiger partial charge is 0.361 e. The predicted molar refractivity (Wildman–Crippen MR) is 184 cm³/mol. The van der Waals surface area contributed by atoms with E-state index in [2.05, 4.69) is 26.3 Å². The Hall–Kier alpha value is -5.25. The molecule has 0 saturated heterocycles. The lowest BCUT2D eigenvalue weighted by molar-refractivity contribution is -0.140. The third kappa shape index (κ3) is 8.56. The molecule has 3 atom stereocenters. The maximum Gasteiger partial charge on any atom is 0.289 e. The quantitative estimate of drug-likeness (QED) is 0.125. The normalized spacial score (nSPS) is 14.4. The van der Waals surface area contributed by atoms with Crippen LogP contribution >= 0.6 is 0 Å². The molecule has 0 aliphatic heterocycles. The summed E-state index contributed by atoms with van der Waals surface area (Å²) in [5, 5.41) is 12.0. The highest BCUT2D eigenvalue weighted by atomic mass is 16.2. The van der Waals surface area contributed by atoms with Gasteiger partial charge in [0.1, 0.15) is 12.1 Å². The van der Waals surface area contributed by atoms with Crippen LogP contribution in [0.5, 0.6) is 0 Å². The minimum Gasteiger partial charge on any atom is -0.361 e. The molecule has 0 spiro atoms. The molecule has 250 valence electrons. The van der Waals surface area contributed by atoms with Crippen LogP contribution in [-0.4, -0.2) is 52.5 Å². The molecule has 1 aliphatic carbocycles. The van der Waals surface area contributed by atoms with Crippen LogP contribution in [-0.2, 0) is 49.8 Å². The van der Waals surface area contributed by atoms with Gasteiger partial charge in [0.25, 0.3) is 5.91 Å². The van der Waals surface area contributed by atoms with Crippen molar-refractivity contribution in [2.45, 2.75) is 77.0 Å². The van der Waals surface area contributed by atoms with Crippen molar-refractivity contribution in [1.82, 2.24) is 26.3 Å². The van der Waals surface area contributed by atoms with Gasteiger partial charge in [0.2, 0.25) is 23.5 Å². The number of hydrogen-bond donors (Lipinski definition) is 5. The number of aromatic amines is 1. The van der Waals surface area contributed by atoms with Crippen molar-refractivity contribution >= 4 is 40.3 Å². The van der Waals surface area contributed by atoms with Crippen LogP contribution in [0.3, 0.4) is 0 Å². The number of carbonyl (C=O) groups is 5. The van der Waals surface area contributed by atoms with E-state index in [0.29, 0.717) is 19.3 Å². The van der Waals surface area contributed by atoms with E-state index in [1.165, 1.54) is 0 Å². The molecule has 10 nitrogen and oxygen atoms in total. The van der Waals surface area contributed by atoms with Crippen LogP contribution in [0.4, 0.5) is 0 Å². The molecular weight excluding hydrogens is 606 g/mol. The number of Topliss-reactive ketones (excluding diaryl/α,β-unsaturated/α-hetero) is 1. The number of para-hydroxylation sites is 1. The fourth-order valence-electron chi connectivity index (χ4n) is 6.14. The molecule has 0 fully saturated rings. The van der Waals surface area contributed by atoms with Gasteiger partial charge in [0.05, 0.1) is 6.04 Å². The molecule has 0 unspecified atom stereocenters. The Morgan fingerprint density at radius 3 is 2.15 bits per heavy atom. The number of nitrogens with one attached hydrogen (secondary N) is 5. The lowest BCUT2D eigenvalue weighted by atomic mass is 10.0. The smallest absolute Gasteiger partial charge is 0.289 e. The van der Waals surface area contributed by atoms with Gasteiger partial charge in [-0.1, -0.05) is 92.6 Å². The number of unbranched alkanes of at least 4 members (excludes halogenated alkanes) is 1. The molecule has 1 heterocycles. The molecule has 1 aromatic heterocycles. The second-order valence-corrected chi connectivity index (χ2v) is 12.5. The van der Waals surface area contributed by atoms with Crippen molar-refractivity contribution in [3.05, 3.63) is 107 Å². The fourth-order valence-corrected chi connectivity index (χ4v) is 6.14. The lowest BCUT2D eigenvalue weighted by Gasteiger charge is -2.24. The first-order valence-electron chi connectivity index (χ1n) is 16.6. The van der Waals surface area contributed by atoms with Crippen molar-refractivity contribution in [3.8, 4) is 0 Å². The number of aromatic nitrogens is 1. The summed E-state index contributed by atoms with van der Waals surface area (Å²) in [4.78, 5) is 69.9. The molecule has 4 amide bonds. The minimum atomic E-state index is -1.09. The van der Waals surface area contributed by atoms with E-state index < -0.39 is 41.6 Å². The summed E-state index contributed by atoms with van der Waals surface area (Å²) in [5.74, 6) is -3.16. The summed E-state index contributed by atoms with van der Waals surface area (Å²) in [6, 6.07) is 21.7. The van der Waals surface area contributed by atoms with Crippen LogP contribution in [0.25, 0.3) is 10.9 Å². The molecule has 0 bridgehead atoms. The van der Waals surface area contributed by atoms with Gasteiger partial charge in [0, 0.05) is 36.0 Å². The van der Waals surface area contributed by atoms with Gasteiger partial charge in [-0.2, -0.15) is 0 Å². The van der Waals surface area contributed by atoms with Crippen LogP contribution in [0.15, 0.2) is 85.1 Å². The lowest BCUT2D eigenvalue weighted by Crippen LogP contribution is -2.57. The Kier molecular flexibility index (Phi) is 11.4. The second-order valence-electron chi connectivity index (χ2n) is 12.5. The third-order valence-corrected chi connectivity index (χ3v) is 8.90. The number of fused-ring (bicyclic) bond motifs is 2. The van der Waals surface area contributed by atoms with Crippen molar-refractivity contribution in [2.75, 3.05) is 0 Å². The van der Waals surface area contributed by atoms with Crippen LogP contribution < -0.4 is 21.3 Å². The van der Waals surface area contributed by atoms with E-state index in [4.69, 9.17) is 0 Å². The van der Waals surface area contributed by atoms with Gasteiger partial charge >= 0.3 is 0 Å². The molecule has 1 aliphatic rings. The van der Waals surface area contributed by atoms with E-state index in [1.807, 2.05) is 85.8 Å². The zero-order chi connectivity index (χ0) is 34.0. The molecule has 5 rings (SSSR count). The van der Waals surface area contributed by atoms with E-state index >= 15 is 0 Å². The molecule has 3 aromatic carbocycles. The molecule has 0 radical (unpaired) electrons. The highest BCUT2D eigenvalue weighted by Gasteiger charge is 2.33. The van der Waals surface area contributed by atoms with Crippen molar-refractivity contribution in [2.24, 2.45) is 5.92 Å². The van der Waals surface area contributed by atoms with Gasteiger partial charge in [-0.3, -0.25) is 24.0 Å². The Bertz CT molecular complexity index is 1740. The zero-order valence-corrected chi connectivity index (χ0v) is 27.4. The summed E-state index contributed by atoms with van der Waals surface area (Å²) in [6.45, 7) is 3.72. The maximum atomic E-state index is 13.9. The summed E-state index contributed by atoms with van der Waals surface area (Å²) >= 11 is 0. The molecule has 5 N–H and O–H groups in total. The first kappa shape index (κ1) is 34.1. The fraction of sp³-hybridized carbons (Fsp3) is 0.342. The van der Waals surface area contributed by atoms with E-state index in [9.17, 15) is 24.0 Å². The number of rotatable bonds is 15. The standard InChI is InChI=1S/C38H43N5O5/c1-3-4-17-32(34(44)38(48)40-22-25-12-6-5-7-13-25)42-37(47)33(21-29-23-39-31-18-11-10-16-30(29)31)43-35(45)24(2)41-36(46)28-19-26-14-8-9-15-27(26)20-28/h5-16,18,23-24,28,32-33,39H,3-4,17,19-22H2,1-2H3,(H,40,48)(H,41,46)(H,42,47)(H,43,45)/t24-,32-,33-/m0/s1. The zero-order valence-electron chi connectivity index (χ0n) is 27.4. The Balaban J connectivity index is 1.28. The van der Waals surface area contributed by atoms with Gasteiger partial charge in [-0.25, -0.2) is 0 Å². The van der Waals surface area contributed by atoms with Crippen LogP contribution in [0.1, 0.15) is 55.4 Å². The molecule has 48 heavy (non-hydrogen) atoms. The number of benzene rings is 3. The Labute approximate surface area is 280 Å². The van der Waals surface area contributed by atoms with Gasteiger partial charge in [-0.15, -0.1) is 0 Å². The average Bonchev–Trinajstić information content (AvgIpc) is 3.73. The first-order chi connectivity index (χ1) is 23.2. The second kappa shape index (κ2) is 16.0. The van der Waals surface area contributed by atoms with Crippen LogP contribution in [0.2, 0.25) is 0 Å². The molecule has 4 aromatic rings. The van der Waals surface area contributed by atoms with Crippen molar-refractivity contribution in [1.29, 1.82) is 0 Å². The SMILES string of the molecule is CCCC[C@H](NC(=O)[C@H](Cc1c[nH]c2ccccc12)NC(=O)[C@H](C)NC(=O)C1Cc2ccccc2C1)C(=O)C(=O)NCc1ccccc1. The molecular formula is C38H43N5O5. The number of amides is 4.